The number of hydrogen-bond acceptors (Lipinski definition) is 2. The largest absolute Gasteiger partial charge is 0.329 e. The fourth-order valence-electron chi connectivity index (χ4n) is 2.41. The van der Waals surface area contributed by atoms with Gasteiger partial charge in [0.1, 0.15) is 0 Å². The average molecular weight is 313 g/mol. The van der Waals surface area contributed by atoms with E-state index < -0.39 is 0 Å². The Kier molecular flexibility index (Phi) is 6.33. The topological polar surface area (TPSA) is 29.3 Å². The van der Waals surface area contributed by atoms with Crippen molar-refractivity contribution >= 4 is 15.9 Å². The van der Waals surface area contributed by atoms with Crippen LogP contribution in [0.5, 0.6) is 0 Å². The smallest absolute Gasteiger partial charge is 0.0473 e. The number of rotatable bonds is 6. The minimum absolute atomic E-state index is 0.316. The van der Waals surface area contributed by atoms with Gasteiger partial charge in [-0.1, -0.05) is 41.9 Å². The summed E-state index contributed by atoms with van der Waals surface area (Å²) in [5, 5.41) is 0. The molecule has 0 aliphatic heterocycles. The van der Waals surface area contributed by atoms with Crippen molar-refractivity contribution in [2.75, 3.05) is 13.1 Å². The molecule has 0 fully saturated rings. The average Bonchev–Trinajstić information content (AvgIpc) is 2.38. The Bertz CT molecular complexity index is 379. The summed E-state index contributed by atoms with van der Waals surface area (Å²) >= 11 is 3.55. The first-order valence-corrected chi connectivity index (χ1v) is 7.56. The zero-order valence-corrected chi connectivity index (χ0v) is 13.5. The van der Waals surface area contributed by atoms with E-state index in [1.165, 1.54) is 11.1 Å². The van der Waals surface area contributed by atoms with Crippen LogP contribution >= 0.6 is 15.9 Å². The standard InChI is InChI=1S/C15H25BrN2/c1-5-12(4)18(6-2)15(10-17)13-7-8-14(16)11(3)9-13/h7-9,12,15H,5-6,10,17H2,1-4H3. The van der Waals surface area contributed by atoms with Gasteiger partial charge in [0.25, 0.3) is 0 Å². The van der Waals surface area contributed by atoms with Gasteiger partial charge in [-0.2, -0.15) is 0 Å². The molecule has 0 spiro atoms. The van der Waals surface area contributed by atoms with Crippen LogP contribution in [0, 0.1) is 6.92 Å². The lowest BCUT2D eigenvalue weighted by Crippen LogP contribution is -2.39. The van der Waals surface area contributed by atoms with E-state index in [2.05, 4.69) is 66.7 Å². The molecule has 2 unspecified atom stereocenters. The summed E-state index contributed by atoms with van der Waals surface area (Å²) in [7, 11) is 0. The molecule has 0 amide bonds. The number of aryl methyl sites for hydroxylation is 1. The van der Waals surface area contributed by atoms with Crippen molar-refractivity contribution in [1.29, 1.82) is 0 Å². The number of likely N-dealkylation sites (N-methyl/N-ethyl adjacent to an activating group) is 1. The molecule has 1 aromatic carbocycles. The maximum absolute atomic E-state index is 6.01. The molecule has 3 heteroatoms. The van der Waals surface area contributed by atoms with Crippen LogP contribution in [0.1, 0.15) is 44.4 Å². The molecule has 0 aliphatic rings. The van der Waals surface area contributed by atoms with Crippen LogP contribution in [0.15, 0.2) is 22.7 Å². The Morgan fingerprint density at radius 1 is 1.33 bits per heavy atom. The minimum Gasteiger partial charge on any atom is -0.329 e. The highest BCUT2D eigenvalue weighted by Gasteiger charge is 2.21. The van der Waals surface area contributed by atoms with Crippen LogP contribution in [-0.2, 0) is 0 Å². The summed E-state index contributed by atoms with van der Waals surface area (Å²) in [4.78, 5) is 2.49. The molecule has 18 heavy (non-hydrogen) atoms. The molecule has 1 aromatic rings. The molecule has 1 rings (SSSR count). The van der Waals surface area contributed by atoms with Crippen molar-refractivity contribution in [2.24, 2.45) is 5.73 Å². The molecule has 0 saturated carbocycles. The van der Waals surface area contributed by atoms with Crippen molar-refractivity contribution in [3.63, 3.8) is 0 Å². The second kappa shape index (κ2) is 7.27. The zero-order chi connectivity index (χ0) is 13.7. The van der Waals surface area contributed by atoms with E-state index in [1.807, 2.05) is 0 Å². The minimum atomic E-state index is 0.316. The Labute approximate surface area is 120 Å². The summed E-state index contributed by atoms with van der Waals surface area (Å²) in [5.74, 6) is 0. The van der Waals surface area contributed by atoms with Gasteiger partial charge in [-0.05, 0) is 44.0 Å². The number of hydrogen-bond donors (Lipinski definition) is 1. The van der Waals surface area contributed by atoms with Crippen LogP contribution in [0.25, 0.3) is 0 Å². The van der Waals surface area contributed by atoms with E-state index in [1.54, 1.807) is 0 Å². The lowest BCUT2D eigenvalue weighted by atomic mass is 10.0. The summed E-state index contributed by atoms with van der Waals surface area (Å²) < 4.78 is 1.16. The van der Waals surface area contributed by atoms with E-state index in [0.29, 0.717) is 18.6 Å². The molecule has 0 aliphatic carbocycles. The first-order chi connectivity index (χ1) is 8.54. The summed E-state index contributed by atoms with van der Waals surface area (Å²) in [5.41, 5.74) is 8.60. The van der Waals surface area contributed by atoms with Crippen molar-refractivity contribution in [1.82, 2.24) is 4.90 Å². The molecule has 102 valence electrons. The van der Waals surface area contributed by atoms with Crippen LogP contribution < -0.4 is 5.73 Å². The number of nitrogens with zero attached hydrogens (tertiary/aromatic N) is 1. The third-order valence-corrected chi connectivity index (χ3v) is 4.60. The fourth-order valence-corrected chi connectivity index (χ4v) is 2.66. The van der Waals surface area contributed by atoms with Crippen LogP contribution in [-0.4, -0.2) is 24.0 Å². The molecule has 0 saturated heterocycles. The van der Waals surface area contributed by atoms with Gasteiger partial charge in [0.2, 0.25) is 0 Å². The maximum atomic E-state index is 6.01. The van der Waals surface area contributed by atoms with Gasteiger partial charge in [-0.3, -0.25) is 4.90 Å². The van der Waals surface area contributed by atoms with Gasteiger partial charge in [0, 0.05) is 23.1 Å². The SMILES string of the molecule is CCC(C)N(CC)C(CN)c1ccc(Br)c(C)c1. The highest BCUT2D eigenvalue weighted by molar-refractivity contribution is 9.10. The van der Waals surface area contributed by atoms with Crippen LogP contribution in [0.4, 0.5) is 0 Å². The summed E-state index contributed by atoms with van der Waals surface area (Å²) in [6.45, 7) is 10.5. The molecule has 0 bridgehead atoms. The van der Waals surface area contributed by atoms with Gasteiger partial charge in [0.15, 0.2) is 0 Å². The predicted octanol–water partition coefficient (Wildman–Crippen LogP) is 3.88. The third-order valence-electron chi connectivity index (χ3n) is 3.71. The molecule has 2 atom stereocenters. The van der Waals surface area contributed by atoms with E-state index in [-0.39, 0.29) is 0 Å². The van der Waals surface area contributed by atoms with Gasteiger partial charge in [-0.25, -0.2) is 0 Å². The number of benzene rings is 1. The molecule has 2 nitrogen and oxygen atoms in total. The molecular formula is C15H25BrN2. The van der Waals surface area contributed by atoms with Gasteiger partial charge in [0.05, 0.1) is 0 Å². The van der Waals surface area contributed by atoms with Crippen molar-refractivity contribution in [3.05, 3.63) is 33.8 Å². The third kappa shape index (κ3) is 3.56. The van der Waals surface area contributed by atoms with E-state index in [4.69, 9.17) is 5.73 Å². The summed E-state index contributed by atoms with van der Waals surface area (Å²) in [6.07, 6.45) is 1.15. The van der Waals surface area contributed by atoms with E-state index in [0.717, 1.165) is 17.4 Å². The lowest BCUT2D eigenvalue weighted by molar-refractivity contribution is 0.152. The number of halogens is 1. The fraction of sp³-hybridized carbons (Fsp3) is 0.600. The second-order valence-electron chi connectivity index (χ2n) is 4.85. The predicted molar refractivity (Wildman–Crippen MR) is 82.8 cm³/mol. The van der Waals surface area contributed by atoms with Crippen molar-refractivity contribution in [3.8, 4) is 0 Å². The highest BCUT2D eigenvalue weighted by atomic mass is 79.9. The first-order valence-electron chi connectivity index (χ1n) is 6.76. The van der Waals surface area contributed by atoms with Crippen LogP contribution in [0.3, 0.4) is 0 Å². The maximum Gasteiger partial charge on any atom is 0.0473 e. The van der Waals surface area contributed by atoms with Gasteiger partial charge in [-0.15, -0.1) is 0 Å². The second-order valence-corrected chi connectivity index (χ2v) is 5.70. The Morgan fingerprint density at radius 3 is 2.44 bits per heavy atom. The van der Waals surface area contributed by atoms with E-state index >= 15 is 0 Å². The highest BCUT2D eigenvalue weighted by Crippen LogP contribution is 2.26. The Balaban J connectivity index is 3.03. The molecule has 0 aromatic heterocycles. The Hall–Kier alpha value is -0.380. The quantitative estimate of drug-likeness (QED) is 0.863. The molecular weight excluding hydrogens is 288 g/mol. The normalized spacial score (nSPS) is 14.8. The van der Waals surface area contributed by atoms with Crippen LogP contribution in [0.2, 0.25) is 0 Å². The molecule has 0 heterocycles. The summed E-state index contributed by atoms with van der Waals surface area (Å²) in [6, 6.07) is 7.42. The number of nitrogens with two attached hydrogens (primary N) is 1. The molecule has 0 radical (unpaired) electrons. The van der Waals surface area contributed by atoms with Gasteiger partial charge >= 0.3 is 0 Å². The zero-order valence-electron chi connectivity index (χ0n) is 11.9. The van der Waals surface area contributed by atoms with Gasteiger partial charge < -0.3 is 5.73 Å². The first kappa shape index (κ1) is 15.7. The van der Waals surface area contributed by atoms with Crippen molar-refractivity contribution < 1.29 is 0 Å². The monoisotopic (exact) mass is 312 g/mol. The van der Waals surface area contributed by atoms with E-state index in [9.17, 15) is 0 Å². The van der Waals surface area contributed by atoms with Crippen molar-refractivity contribution in [2.45, 2.75) is 46.2 Å². The molecule has 2 N–H and O–H groups in total. The Morgan fingerprint density at radius 2 is 2.00 bits per heavy atom. The lowest BCUT2D eigenvalue weighted by Gasteiger charge is -2.35.